The lowest BCUT2D eigenvalue weighted by molar-refractivity contribution is -0.385. The van der Waals surface area contributed by atoms with Crippen molar-refractivity contribution in [2.24, 2.45) is 0 Å². The highest BCUT2D eigenvalue weighted by molar-refractivity contribution is 5.71. The molecule has 0 spiro atoms. The highest BCUT2D eigenvalue weighted by Gasteiger charge is 2.17. The maximum Gasteiger partial charge on any atom is 0.278 e. The summed E-state index contributed by atoms with van der Waals surface area (Å²) >= 11 is 0. The van der Waals surface area contributed by atoms with E-state index in [1.165, 1.54) is 12.1 Å². The Bertz CT molecular complexity index is 838. The first kappa shape index (κ1) is 13.8. The van der Waals surface area contributed by atoms with Crippen LogP contribution in [0.15, 0.2) is 67.5 Å². The molecular weight excluding hydrogens is 278 g/mol. The minimum atomic E-state index is -0.403. The molecule has 0 atom stereocenters. The zero-order valence-electron chi connectivity index (χ0n) is 11.7. The average Bonchev–Trinajstić information content (AvgIpc) is 3.04. The number of nitrogens with zero attached hydrogens (tertiary/aromatic N) is 3. The highest BCUT2D eigenvalue weighted by Crippen LogP contribution is 2.29. The fourth-order valence-corrected chi connectivity index (χ4v) is 2.42. The van der Waals surface area contributed by atoms with E-state index in [2.05, 4.69) is 11.6 Å². The van der Waals surface area contributed by atoms with E-state index in [0.717, 1.165) is 11.4 Å². The van der Waals surface area contributed by atoms with Gasteiger partial charge in [-0.25, -0.2) is 4.98 Å². The van der Waals surface area contributed by atoms with E-state index < -0.39 is 4.92 Å². The number of imidazole rings is 1. The van der Waals surface area contributed by atoms with Gasteiger partial charge in [-0.15, -0.1) is 0 Å². The van der Waals surface area contributed by atoms with Gasteiger partial charge in [0.15, 0.2) is 0 Å². The molecule has 0 aliphatic heterocycles. The van der Waals surface area contributed by atoms with Gasteiger partial charge in [0.05, 0.1) is 16.2 Å². The van der Waals surface area contributed by atoms with Gasteiger partial charge < -0.3 is 0 Å². The van der Waals surface area contributed by atoms with E-state index in [1.807, 2.05) is 41.0 Å². The predicted molar refractivity (Wildman–Crippen MR) is 85.7 cm³/mol. The number of nitro benzene ring substituents is 1. The van der Waals surface area contributed by atoms with Crippen molar-refractivity contribution >= 4 is 11.8 Å². The van der Waals surface area contributed by atoms with Gasteiger partial charge in [-0.1, -0.05) is 49.1 Å². The minimum absolute atomic E-state index is 0.0280. The van der Waals surface area contributed by atoms with Crippen LogP contribution in [0.4, 0.5) is 5.69 Å². The lowest BCUT2D eigenvalue weighted by Crippen LogP contribution is -2.01. The summed E-state index contributed by atoms with van der Waals surface area (Å²) in [5, 5.41) is 11.2. The maximum absolute atomic E-state index is 11.2. The van der Waals surface area contributed by atoms with Crippen molar-refractivity contribution in [3.63, 3.8) is 0 Å². The number of hydrogen-bond donors (Lipinski definition) is 0. The third-order valence-electron chi connectivity index (χ3n) is 3.39. The molecule has 5 heteroatoms. The van der Waals surface area contributed by atoms with Crippen molar-refractivity contribution in [1.82, 2.24) is 9.55 Å². The van der Waals surface area contributed by atoms with Crippen molar-refractivity contribution in [3.8, 4) is 17.1 Å². The summed E-state index contributed by atoms with van der Waals surface area (Å²) in [6.45, 7) is 3.71. The lowest BCUT2D eigenvalue weighted by Gasteiger charge is -2.11. The third-order valence-corrected chi connectivity index (χ3v) is 3.39. The van der Waals surface area contributed by atoms with E-state index in [1.54, 1.807) is 18.5 Å². The molecule has 0 unspecified atom stereocenters. The Morgan fingerprint density at radius 3 is 2.59 bits per heavy atom. The monoisotopic (exact) mass is 291 g/mol. The maximum atomic E-state index is 11.2. The Morgan fingerprint density at radius 1 is 1.14 bits per heavy atom. The average molecular weight is 291 g/mol. The molecule has 0 aliphatic rings. The number of aromatic nitrogens is 2. The van der Waals surface area contributed by atoms with Gasteiger partial charge in [0.2, 0.25) is 0 Å². The first-order valence-electron chi connectivity index (χ1n) is 6.71. The van der Waals surface area contributed by atoms with Crippen molar-refractivity contribution in [2.75, 3.05) is 0 Å². The Morgan fingerprint density at radius 2 is 1.91 bits per heavy atom. The second kappa shape index (κ2) is 5.65. The predicted octanol–water partition coefficient (Wildman–Crippen LogP) is 4.09. The molecule has 2 aromatic carbocycles. The first-order valence-corrected chi connectivity index (χ1v) is 6.71. The molecule has 0 saturated carbocycles. The molecule has 0 N–H and O–H groups in total. The Hall–Kier alpha value is -3.21. The molecule has 0 saturated heterocycles. The number of hydrogen-bond acceptors (Lipinski definition) is 3. The van der Waals surface area contributed by atoms with Crippen LogP contribution in [-0.2, 0) is 0 Å². The fraction of sp³-hybridized carbons (Fsp3) is 0. The van der Waals surface area contributed by atoms with Gasteiger partial charge in [-0.3, -0.25) is 14.7 Å². The molecule has 3 rings (SSSR count). The summed E-state index contributed by atoms with van der Waals surface area (Å²) in [6, 6.07) is 14.6. The largest absolute Gasteiger partial charge is 0.299 e. The summed E-state index contributed by atoms with van der Waals surface area (Å²) in [6.07, 6.45) is 4.96. The first-order chi connectivity index (χ1) is 10.7. The summed E-state index contributed by atoms with van der Waals surface area (Å²) in [4.78, 5) is 15.2. The standard InChI is InChI=1S/C17H13N3O2/c1-2-14-15(9-6-10-16(14)20(21)22)19-12-11-18-17(19)13-7-4-3-5-8-13/h2-12H,1H2. The Labute approximate surface area is 127 Å². The molecule has 1 heterocycles. The second-order valence-electron chi connectivity index (χ2n) is 4.66. The van der Waals surface area contributed by atoms with Crippen molar-refractivity contribution < 1.29 is 4.92 Å². The summed E-state index contributed by atoms with van der Waals surface area (Å²) in [7, 11) is 0. The zero-order valence-corrected chi connectivity index (χ0v) is 11.7. The molecular formula is C17H13N3O2. The molecule has 108 valence electrons. The van der Waals surface area contributed by atoms with E-state index in [-0.39, 0.29) is 5.69 Å². The van der Waals surface area contributed by atoms with Crippen LogP contribution >= 0.6 is 0 Å². The SMILES string of the molecule is C=Cc1c(-n2ccnc2-c2ccccc2)cccc1[N+](=O)[O-]. The summed E-state index contributed by atoms with van der Waals surface area (Å²) in [5.41, 5.74) is 2.12. The zero-order chi connectivity index (χ0) is 15.5. The van der Waals surface area contributed by atoms with Crippen LogP contribution in [0.2, 0.25) is 0 Å². The van der Waals surface area contributed by atoms with E-state index in [4.69, 9.17) is 0 Å². The van der Waals surface area contributed by atoms with Crippen LogP contribution in [0, 0.1) is 10.1 Å². The van der Waals surface area contributed by atoms with Gasteiger partial charge in [0.25, 0.3) is 5.69 Å². The van der Waals surface area contributed by atoms with Crippen LogP contribution in [0.3, 0.4) is 0 Å². The third kappa shape index (κ3) is 2.29. The van der Waals surface area contributed by atoms with Gasteiger partial charge in [0, 0.05) is 24.0 Å². The van der Waals surface area contributed by atoms with E-state index >= 15 is 0 Å². The van der Waals surface area contributed by atoms with Crippen LogP contribution < -0.4 is 0 Å². The quantitative estimate of drug-likeness (QED) is 0.537. The number of benzene rings is 2. The molecule has 0 radical (unpaired) electrons. The van der Waals surface area contributed by atoms with E-state index in [9.17, 15) is 10.1 Å². The lowest BCUT2D eigenvalue weighted by atomic mass is 10.1. The summed E-state index contributed by atoms with van der Waals surface area (Å²) < 4.78 is 1.83. The van der Waals surface area contributed by atoms with Gasteiger partial charge in [-0.05, 0) is 6.07 Å². The number of rotatable bonds is 4. The van der Waals surface area contributed by atoms with Crippen LogP contribution in [0.25, 0.3) is 23.2 Å². The second-order valence-corrected chi connectivity index (χ2v) is 4.66. The molecule has 0 aliphatic carbocycles. The normalized spacial score (nSPS) is 10.4. The molecule has 22 heavy (non-hydrogen) atoms. The van der Waals surface area contributed by atoms with Crippen molar-refractivity contribution in [3.05, 3.63) is 83.2 Å². The number of nitro groups is 1. The van der Waals surface area contributed by atoms with Gasteiger partial charge in [-0.2, -0.15) is 0 Å². The molecule has 0 amide bonds. The smallest absolute Gasteiger partial charge is 0.278 e. The van der Waals surface area contributed by atoms with Crippen LogP contribution in [0.1, 0.15) is 5.56 Å². The molecule has 1 aromatic heterocycles. The fourth-order valence-electron chi connectivity index (χ4n) is 2.42. The summed E-state index contributed by atoms with van der Waals surface area (Å²) in [5.74, 6) is 0.726. The van der Waals surface area contributed by atoms with Gasteiger partial charge in [0.1, 0.15) is 5.82 Å². The van der Waals surface area contributed by atoms with E-state index in [0.29, 0.717) is 11.3 Å². The molecule has 0 fully saturated rings. The minimum Gasteiger partial charge on any atom is -0.299 e. The molecule has 3 aromatic rings. The Kier molecular flexibility index (Phi) is 3.53. The Balaban J connectivity index is 2.22. The van der Waals surface area contributed by atoms with Crippen molar-refractivity contribution in [2.45, 2.75) is 0 Å². The topological polar surface area (TPSA) is 61.0 Å². The van der Waals surface area contributed by atoms with Crippen LogP contribution in [0.5, 0.6) is 0 Å². The molecule has 0 bridgehead atoms. The van der Waals surface area contributed by atoms with Crippen LogP contribution in [-0.4, -0.2) is 14.5 Å². The molecule has 5 nitrogen and oxygen atoms in total. The van der Waals surface area contributed by atoms with Gasteiger partial charge >= 0.3 is 0 Å². The highest BCUT2D eigenvalue weighted by atomic mass is 16.6. The van der Waals surface area contributed by atoms with Crippen molar-refractivity contribution in [1.29, 1.82) is 0 Å².